The van der Waals surface area contributed by atoms with Crippen LogP contribution in [-0.4, -0.2) is 40.2 Å². The van der Waals surface area contributed by atoms with Crippen LogP contribution in [0, 0.1) is 0 Å². The van der Waals surface area contributed by atoms with E-state index in [1.54, 1.807) is 0 Å². The van der Waals surface area contributed by atoms with Gasteiger partial charge in [-0.2, -0.15) is 0 Å². The molecule has 0 fully saturated rings. The Morgan fingerprint density at radius 2 is 1.13 bits per heavy atom. The van der Waals surface area contributed by atoms with Crippen LogP contribution in [0.15, 0.2) is 85.8 Å². The zero-order chi connectivity index (χ0) is 17.7. The molecular weight excluding hydrogens is 488 g/mol. The summed E-state index contributed by atoms with van der Waals surface area (Å²) < 4.78 is 0. The molecule has 2 aliphatic carbocycles. The molecular formula is C21H17Cl3CoN5. The zero-order valence-corrected chi connectivity index (χ0v) is 19.4. The van der Waals surface area contributed by atoms with Crippen LogP contribution in [0.2, 0.25) is 0 Å². The molecule has 0 radical (unpaired) electrons. The summed E-state index contributed by atoms with van der Waals surface area (Å²) in [6, 6.07) is 5.85. The quantitative estimate of drug-likeness (QED) is 0.396. The normalized spacial score (nSPS) is 22.2. The summed E-state index contributed by atoms with van der Waals surface area (Å²) in [5.41, 5.74) is 5.82. The van der Waals surface area contributed by atoms with Crippen LogP contribution >= 0.6 is 0 Å². The van der Waals surface area contributed by atoms with Gasteiger partial charge in [0, 0.05) is 0 Å². The summed E-state index contributed by atoms with van der Waals surface area (Å²) >= 11 is 0. The molecule has 2 aliphatic heterocycles. The van der Waals surface area contributed by atoms with Crippen molar-refractivity contribution in [3.8, 4) is 0 Å². The van der Waals surface area contributed by atoms with E-state index in [-0.39, 0.29) is 66.1 Å². The Hall–Kier alpha value is -1.83. The van der Waals surface area contributed by atoms with E-state index in [1.165, 1.54) is 0 Å². The van der Waals surface area contributed by atoms with Crippen molar-refractivity contribution < 1.29 is 54.0 Å². The van der Waals surface area contributed by atoms with Crippen molar-refractivity contribution in [1.29, 1.82) is 0 Å². The molecule has 0 spiro atoms. The first-order valence-corrected chi connectivity index (χ1v) is 8.70. The van der Waals surface area contributed by atoms with E-state index >= 15 is 0 Å². The maximum Gasteiger partial charge on any atom is 3.00 e. The second-order valence-corrected chi connectivity index (χ2v) is 6.67. The minimum Gasteiger partial charge on any atom is -1.00 e. The van der Waals surface area contributed by atoms with E-state index in [0.717, 1.165) is 34.0 Å². The van der Waals surface area contributed by atoms with Crippen molar-refractivity contribution in [2.45, 2.75) is 25.9 Å². The third-order valence-corrected chi connectivity index (χ3v) is 4.83. The summed E-state index contributed by atoms with van der Waals surface area (Å²) in [5, 5.41) is 0. The number of rotatable bonds is 2. The third kappa shape index (κ3) is 4.58. The monoisotopic (exact) mass is 503 g/mol. The molecule has 0 saturated carbocycles. The number of fused-ring (bicyclic) bond motifs is 2. The molecule has 2 atom stereocenters. The fraction of sp³-hybridized carbons (Fsp3) is 0.190. The number of halogens is 3. The molecule has 9 heteroatoms. The Morgan fingerprint density at radius 3 is 1.53 bits per heavy atom. The van der Waals surface area contributed by atoms with Gasteiger partial charge in [0.05, 0.1) is 11.4 Å². The molecule has 5 nitrogen and oxygen atoms in total. The van der Waals surface area contributed by atoms with Crippen molar-refractivity contribution in [1.82, 2.24) is 4.98 Å². The van der Waals surface area contributed by atoms with Crippen molar-refractivity contribution in [3.63, 3.8) is 0 Å². The number of aliphatic imine (C=N–C) groups is 4. The molecule has 5 rings (SSSR count). The average Bonchev–Trinajstić information content (AvgIpc) is 3.28. The Balaban J connectivity index is 0.00000112. The van der Waals surface area contributed by atoms with Gasteiger partial charge in [-0.1, -0.05) is 42.5 Å². The predicted octanol–water partition coefficient (Wildman–Crippen LogP) is -5.74. The van der Waals surface area contributed by atoms with E-state index in [0.29, 0.717) is 11.7 Å². The van der Waals surface area contributed by atoms with Gasteiger partial charge in [-0.15, -0.1) is 0 Å². The first-order valence-electron chi connectivity index (χ1n) is 8.70. The topological polar surface area (TPSA) is 62.3 Å². The van der Waals surface area contributed by atoms with E-state index in [1.807, 2.05) is 30.4 Å². The molecule has 30 heavy (non-hydrogen) atoms. The van der Waals surface area contributed by atoms with E-state index < -0.39 is 0 Å². The fourth-order valence-electron chi connectivity index (χ4n) is 3.43. The Bertz CT molecular complexity index is 999. The third-order valence-electron chi connectivity index (χ3n) is 4.83. The average molecular weight is 505 g/mol. The molecule has 4 aliphatic rings. The van der Waals surface area contributed by atoms with Crippen molar-refractivity contribution >= 4 is 23.1 Å². The van der Waals surface area contributed by atoms with Crippen LogP contribution in [-0.2, 0) is 16.8 Å². The van der Waals surface area contributed by atoms with Gasteiger partial charge in [-0.25, -0.2) is 15.0 Å². The predicted molar refractivity (Wildman–Crippen MR) is 106 cm³/mol. The smallest absolute Gasteiger partial charge is 1.00 e. The maximum absolute atomic E-state index is 4.74. The van der Waals surface area contributed by atoms with Crippen LogP contribution in [0.3, 0.4) is 0 Å². The number of allylic oxidation sites excluding steroid dienone is 4. The Kier molecular flexibility index (Phi) is 9.14. The number of nitrogens with zero attached hydrogens (tertiary/aromatic N) is 5. The van der Waals surface area contributed by atoms with Gasteiger partial charge >= 0.3 is 16.8 Å². The summed E-state index contributed by atoms with van der Waals surface area (Å²) in [6.07, 6.45) is 12.3. The second-order valence-electron chi connectivity index (χ2n) is 6.67. The van der Waals surface area contributed by atoms with E-state index in [2.05, 4.69) is 38.2 Å². The van der Waals surface area contributed by atoms with Gasteiger partial charge in [-0.05, 0) is 37.1 Å². The minimum absolute atomic E-state index is 0. The maximum atomic E-state index is 4.74. The Labute approximate surface area is 204 Å². The van der Waals surface area contributed by atoms with Gasteiger partial charge in [0.1, 0.15) is 23.5 Å². The first-order chi connectivity index (χ1) is 12.7. The van der Waals surface area contributed by atoms with Crippen LogP contribution in [0.25, 0.3) is 0 Å². The molecule has 2 unspecified atom stereocenters. The molecule has 0 bridgehead atoms. The van der Waals surface area contributed by atoms with Gasteiger partial charge < -0.3 is 37.2 Å². The van der Waals surface area contributed by atoms with Crippen molar-refractivity contribution in [2.24, 2.45) is 20.0 Å². The molecule has 0 amide bonds. The summed E-state index contributed by atoms with van der Waals surface area (Å²) in [5.74, 6) is 1.34. The van der Waals surface area contributed by atoms with Crippen LogP contribution in [0.1, 0.15) is 25.2 Å². The Morgan fingerprint density at radius 1 is 0.700 bits per heavy atom. The van der Waals surface area contributed by atoms with E-state index in [9.17, 15) is 0 Å². The minimum atomic E-state index is 0. The summed E-state index contributed by atoms with van der Waals surface area (Å²) in [6.45, 7) is 4.12. The molecule has 0 saturated heterocycles. The van der Waals surface area contributed by atoms with Gasteiger partial charge in [-0.3, -0.25) is 9.98 Å². The van der Waals surface area contributed by atoms with Gasteiger partial charge in [0.15, 0.2) is 11.7 Å². The summed E-state index contributed by atoms with van der Waals surface area (Å²) in [4.78, 5) is 23.6. The molecule has 0 aromatic carbocycles. The van der Waals surface area contributed by atoms with Gasteiger partial charge in [0.2, 0.25) is 0 Å². The largest absolute Gasteiger partial charge is 3.00 e. The number of hydrogen-bond donors (Lipinski definition) is 0. The zero-order valence-electron chi connectivity index (χ0n) is 16.1. The molecule has 156 valence electrons. The molecule has 1 aromatic heterocycles. The van der Waals surface area contributed by atoms with Gasteiger partial charge in [0.25, 0.3) is 0 Å². The van der Waals surface area contributed by atoms with Crippen molar-refractivity contribution in [3.05, 3.63) is 77.2 Å². The number of hydrogen-bond acceptors (Lipinski definition) is 5. The standard InChI is InChI=1S/C21H17N5.3ClH.Co/c1-12-6-3-8-14-18(12)25-20(23-14)16-10-5-11-17(22-16)21-24-15-9-4-7-13(2)19(15)26-21;;;;/h3-11,14-15H,1-2H3;3*1H;/q;;;;+3/p-3. The van der Waals surface area contributed by atoms with E-state index in [4.69, 9.17) is 25.0 Å². The number of pyridine rings is 1. The van der Waals surface area contributed by atoms with Crippen LogP contribution in [0.5, 0.6) is 0 Å². The fourth-order valence-corrected chi connectivity index (χ4v) is 3.43. The SMILES string of the molecule is CC1=CC=CC2N=C(c3cccc(C4=NC5C=CC=C(C)C5=N4)n3)N=C12.[Cl-].[Cl-].[Cl-].[Co+3]. The van der Waals surface area contributed by atoms with Crippen molar-refractivity contribution in [2.75, 3.05) is 0 Å². The summed E-state index contributed by atoms with van der Waals surface area (Å²) in [7, 11) is 0. The number of amidine groups is 2. The second kappa shape index (κ2) is 10.5. The molecule has 0 N–H and O–H groups in total. The number of aromatic nitrogens is 1. The molecule has 1 aromatic rings. The molecule has 3 heterocycles. The first kappa shape index (κ1) is 26.2. The van der Waals surface area contributed by atoms with Crippen LogP contribution < -0.4 is 37.2 Å². The van der Waals surface area contributed by atoms with Crippen LogP contribution in [0.4, 0.5) is 0 Å².